The van der Waals surface area contributed by atoms with Crippen LogP contribution < -0.4 is 30.7 Å². The fourth-order valence-electron chi connectivity index (χ4n) is 4.77. The molecule has 208 valence electrons. The van der Waals surface area contributed by atoms with E-state index >= 15 is 0 Å². The highest BCUT2D eigenvalue weighted by atomic mass is 32.2. The molecule has 1 aromatic carbocycles. The minimum atomic E-state index is -0.395. The maximum atomic E-state index is 11.8. The van der Waals surface area contributed by atoms with Crippen LogP contribution in [0.1, 0.15) is 24.1 Å². The minimum absolute atomic E-state index is 0.337. The van der Waals surface area contributed by atoms with Gasteiger partial charge in [-0.1, -0.05) is 6.07 Å². The molecule has 2 amide bonds. The topological polar surface area (TPSA) is 145 Å². The van der Waals surface area contributed by atoms with Crippen LogP contribution in [0.3, 0.4) is 0 Å². The number of methoxy groups -OCH3 is 2. The Morgan fingerprint density at radius 3 is 2.67 bits per heavy atom. The molecular formula is C28H31N7O4S. The summed E-state index contributed by atoms with van der Waals surface area (Å²) in [6.45, 7) is 3.17. The van der Waals surface area contributed by atoms with Gasteiger partial charge in [0, 0.05) is 37.5 Å². The summed E-state index contributed by atoms with van der Waals surface area (Å²) >= 11 is 0.879. The van der Waals surface area contributed by atoms with E-state index in [0.717, 1.165) is 61.1 Å². The Hall–Kier alpha value is -4.16. The lowest BCUT2D eigenvalue weighted by Crippen LogP contribution is -2.38. The van der Waals surface area contributed by atoms with Gasteiger partial charge >= 0.3 is 0 Å². The van der Waals surface area contributed by atoms with E-state index in [1.807, 2.05) is 30.3 Å². The van der Waals surface area contributed by atoms with Gasteiger partial charge in [0.1, 0.15) is 17.3 Å². The van der Waals surface area contributed by atoms with Crippen LogP contribution in [0, 0.1) is 5.92 Å². The van der Waals surface area contributed by atoms with Gasteiger partial charge in [0.25, 0.3) is 11.1 Å². The summed E-state index contributed by atoms with van der Waals surface area (Å²) in [5.74, 6) is 2.57. The number of aromatic nitrogens is 3. The van der Waals surface area contributed by atoms with E-state index < -0.39 is 5.91 Å². The van der Waals surface area contributed by atoms with Gasteiger partial charge in [-0.25, -0.2) is 15.0 Å². The summed E-state index contributed by atoms with van der Waals surface area (Å²) in [7, 11) is 3.25. The highest BCUT2D eigenvalue weighted by molar-refractivity contribution is 8.18. The molecule has 0 saturated carbocycles. The zero-order valence-electron chi connectivity index (χ0n) is 22.3. The molecule has 11 nitrogen and oxygen atoms in total. The van der Waals surface area contributed by atoms with Crippen molar-refractivity contribution in [3.05, 3.63) is 58.8 Å². The molecule has 2 saturated heterocycles. The number of carbonyl (C=O) groups excluding carboxylic acids is 2. The number of ether oxygens (including phenoxy) is 2. The Bertz CT molecular complexity index is 1440. The van der Waals surface area contributed by atoms with Gasteiger partial charge in [0.15, 0.2) is 0 Å². The van der Waals surface area contributed by atoms with E-state index in [1.54, 1.807) is 32.6 Å². The molecule has 12 heteroatoms. The van der Waals surface area contributed by atoms with Crippen LogP contribution in [0.15, 0.2) is 47.5 Å². The van der Waals surface area contributed by atoms with Crippen LogP contribution in [-0.2, 0) is 11.3 Å². The van der Waals surface area contributed by atoms with E-state index in [4.69, 9.17) is 15.2 Å². The summed E-state index contributed by atoms with van der Waals surface area (Å²) in [5, 5.41) is 5.49. The lowest BCUT2D eigenvalue weighted by Gasteiger charge is -2.32. The van der Waals surface area contributed by atoms with Crippen molar-refractivity contribution in [1.82, 2.24) is 25.6 Å². The number of amides is 2. The molecular weight excluding hydrogens is 530 g/mol. The first kappa shape index (κ1) is 27.4. The van der Waals surface area contributed by atoms with Crippen LogP contribution in [0.4, 0.5) is 16.6 Å². The molecule has 0 atom stereocenters. The van der Waals surface area contributed by atoms with Crippen LogP contribution in [-0.4, -0.2) is 60.0 Å². The number of pyridine rings is 1. The second-order valence-electron chi connectivity index (χ2n) is 9.51. The normalized spacial score (nSPS) is 16.9. The molecule has 0 bridgehead atoms. The lowest BCUT2D eigenvalue weighted by atomic mass is 9.96. The van der Waals surface area contributed by atoms with E-state index in [1.165, 1.54) is 0 Å². The fraction of sp³-hybridized carbons (Fsp3) is 0.321. The predicted octanol–water partition coefficient (Wildman–Crippen LogP) is 3.47. The molecule has 4 heterocycles. The number of anilines is 2. The first-order valence-corrected chi connectivity index (χ1v) is 13.8. The minimum Gasteiger partial charge on any atom is -0.497 e. The number of piperidine rings is 1. The molecule has 3 aromatic rings. The zero-order chi connectivity index (χ0) is 28.1. The Morgan fingerprint density at radius 2 is 1.95 bits per heavy atom. The van der Waals surface area contributed by atoms with Crippen LogP contribution in [0.2, 0.25) is 0 Å². The molecule has 2 aromatic heterocycles. The number of benzene rings is 1. The predicted molar refractivity (Wildman–Crippen MR) is 155 cm³/mol. The van der Waals surface area contributed by atoms with Gasteiger partial charge in [-0.3, -0.25) is 14.9 Å². The SMILES string of the molecule is COc1ccc(-c2nc(N)ccc2CNCC2CCN(c3nccc(/C=C4\SC(=O)NC4=O)n3)CC2)c(OC)c1. The van der Waals surface area contributed by atoms with Crippen molar-refractivity contribution in [1.29, 1.82) is 0 Å². The summed E-state index contributed by atoms with van der Waals surface area (Å²) in [6, 6.07) is 11.2. The number of nitrogens with two attached hydrogens (primary N) is 1. The molecule has 0 unspecified atom stereocenters. The van der Waals surface area contributed by atoms with Crippen molar-refractivity contribution in [3.63, 3.8) is 0 Å². The van der Waals surface area contributed by atoms with Crippen LogP contribution in [0.5, 0.6) is 11.5 Å². The third kappa shape index (κ3) is 6.35. The van der Waals surface area contributed by atoms with Crippen LogP contribution in [0.25, 0.3) is 17.3 Å². The third-order valence-electron chi connectivity index (χ3n) is 6.90. The first-order chi connectivity index (χ1) is 19.4. The average Bonchev–Trinajstić information content (AvgIpc) is 3.29. The van der Waals surface area contributed by atoms with Crippen molar-refractivity contribution >= 4 is 40.8 Å². The van der Waals surface area contributed by atoms with E-state index in [2.05, 4.69) is 30.5 Å². The monoisotopic (exact) mass is 561 g/mol. The zero-order valence-corrected chi connectivity index (χ0v) is 23.2. The number of imide groups is 1. The maximum absolute atomic E-state index is 11.8. The molecule has 0 radical (unpaired) electrons. The molecule has 5 rings (SSSR count). The second-order valence-corrected chi connectivity index (χ2v) is 10.5. The number of hydrogen-bond donors (Lipinski definition) is 3. The van der Waals surface area contributed by atoms with Crippen molar-refractivity contribution in [2.45, 2.75) is 19.4 Å². The molecule has 40 heavy (non-hydrogen) atoms. The Kier molecular flexibility index (Phi) is 8.46. The number of hydrogen-bond acceptors (Lipinski definition) is 11. The van der Waals surface area contributed by atoms with Gasteiger partial charge in [0.2, 0.25) is 5.95 Å². The summed E-state index contributed by atoms with van der Waals surface area (Å²) in [4.78, 5) is 39.4. The summed E-state index contributed by atoms with van der Waals surface area (Å²) in [6.07, 6.45) is 5.29. The molecule has 0 aliphatic carbocycles. The van der Waals surface area contributed by atoms with Crippen molar-refractivity contribution in [2.24, 2.45) is 5.92 Å². The van der Waals surface area contributed by atoms with E-state index in [0.29, 0.717) is 46.3 Å². The van der Waals surface area contributed by atoms with Crippen LogP contribution >= 0.6 is 11.8 Å². The average molecular weight is 562 g/mol. The maximum Gasteiger partial charge on any atom is 0.290 e. The number of nitrogens with zero attached hydrogens (tertiary/aromatic N) is 4. The number of carbonyl (C=O) groups is 2. The first-order valence-electron chi connectivity index (χ1n) is 12.9. The van der Waals surface area contributed by atoms with Gasteiger partial charge in [-0.05, 0) is 73.0 Å². The number of rotatable bonds is 9. The second kappa shape index (κ2) is 12.3. The van der Waals surface area contributed by atoms with Crippen molar-refractivity contribution in [2.75, 3.05) is 44.5 Å². The van der Waals surface area contributed by atoms with Gasteiger partial charge in [0.05, 0.1) is 30.5 Å². The molecule has 2 aliphatic rings. The van der Waals surface area contributed by atoms with Crippen molar-refractivity contribution in [3.8, 4) is 22.8 Å². The fourth-order valence-corrected chi connectivity index (χ4v) is 5.44. The third-order valence-corrected chi connectivity index (χ3v) is 7.71. The molecule has 2 aliphatic heterocycles. The smallest absolute Gasteiger partial charge is 0.290 e. The number of nitrogen functional groups attached to an aromatic ring is 1. The molecule has 4 N–H and O–H groups in total. The van der Waals surface area contributed by atoms with Gasteiger partial charge < -0.3 is 25.4 Å². The standard InChI is InChI=1S/C28H31N7O4S/c1-38-20-4-5-21(22(14-20)39-2)25-18(3-6-24(29)33-25)16-30-15-17-8-11-35(12-9-17)27-31-10-7-19(32-27)13-23-26(36)34-28(37)40-23/h3-7,10,13-14,17,30H,8-9,11-12,15-16H2,1-2H3,(H2,29,33)(H,34,36,37)/b23-13-. The number of nitrogens with one attached hydrogen (secondary N) is 2. The van der Waals surface area contributed by atoms with Gasteiger partial charge in [-0.15, -0.1) is 0 Å². The Balaban J connectivity index is 1.18. The Morgan fingerprint density at radius 1 is 1.12 bits per heavy atom. The van der Waals surface area contributed by atoms with E-state index in [9.17, 15) is 9.59 Å². The Labute approximate surface area is 236 Å². The largest absolute Gasteiger partial charge is 0.497 e. The quantitative estimate of drug-likeness (QED) is 0.330. The number of thioether (sulfide) groups is 1. The molecule has 2 fully saturated rings. The molecule has 0 spiro atoms. The lowest BCUT2D eigenvalue weighted by molar-refractivity contribution is -0.115. The van der Waals surface area contributed by atoms with Gasteiger partial charge in [-0.2, -0.15) is 0 Å². The summed E-state index contributed by atoms with van der Waals surface area (Å²) < 4.78 is 10.9. The van der Waals surface area contributed by atoms with E-state index in [-0.39, 0.29) is 5.24 Å². The van der Waals surface area contributed by atoms with Crippen molar-refractivity contribution < 1.29 is 19.1 Å². The highest BCUT2D eigenvalue weighted by Crippen LogP contribution is 2.34. The summed E-state index contributed by atoms with van der Waals surface area (Å²) in [5.41, 5.74) is 9.31. The highest BCUT2D eigenvalue weighted by Gasteiger charge is 2.26.